The average Bonchev–Trinajstić information content (AvgIpc) is 3.55. The summed E-state index contributed by atoms with van der Waals surface area (Å²) in [6.07, 6.45) is -0.289. The number of nitrogen functional groups attached to an aromatic ring is 1. The molecule has 0 spiro atoms. The lowest BCUT2D eigenvalue weighted by Crippen LogP contribution is -2.53. The summed E-state index contributed by atoms with van der Waals surface area (Å²) in [5, 5.41) is 18.6. The maximum atomic E-state index is 16.2. The van der Waals surface area contributed by atoms with Crippen LogP contribution >= 0.6 is 18.2 Å². The number of esters is 1. The minimum atomic E-state index is -3.72. The number of fused-ring (bicyclic) bond motifs is 2. The zero-order valence-electron chi connectivity index (χ0n) is 26.6. The van der Waals surface area contributed by atoms with Crippen LogP contribution in [-0.4, -0.2) is 74.2 Å². The molecule has 0 bridgehead atoms. The molecule has 0 radical (unpaired) electrons. The van der Waals surface area contributed by atoms with Crippen molar-refractivity contribution in [3.05, 3.63) is 48.8 Å². The summed E-state index contributed by atoms with van der Waals surface area (Å²) >= 11 is 12.2. The second-order valence-corrected chi connectivity index (χ2v) is 15.9. The van der Waals surface area contributed by atoms with Gasteiger partial charge < -0.3 is 34.7 Å². The van der Waals surface area contributed by atoms with Crippen molar-refractivity contribution in [3.8, 4) is 5.75 Å². The molecule has 254 valence electrons. The number of anilines is 2. The molecular formula is C30H38ClFN7O6PS. The lowest BCUT2D eigenvalue weighted by molar-refractivity contribution is -0.203. The highest BCUT2D eigenvalue weighted by Crippen LogP contribution is 2.52. The Balaban J connectivity index is 1.44. The number of halogens is 2. The van der Waals surface area contributed by atoms with Crippen molar-refractivity contribution < 1.29 is 32.8 Å². The zero-order valence-corrected chi connectivity index (χ0v) is 29.0. The molecule has 3 heterocycles. The Bertz CT molecular complexity index is 1820. The number of alkyl halides is 2. The molecule has 5 rings (SSSR count). The highest BCUT2D eigenvalue weighted by Gasteiger charge is 2.61. The van der Waals surface area contributed by atoms with E-state index in [9.17, 15) is 9.90 Å². The number of carbonyl (C=O) groups is 1. The largest absolute Gasteiger partial charge is 0.464 e. The molecule has 13 nitrogen and oxygen atoms in total. The maximum Gasteiger partial charge on any atom is 0.323 e. The SMILES string of the molecule is CNc1nc(N)nc2c1ncn2[C@H]1C[C@@](O)(F)[C@@](CCl)(COP(=S)(N[C@H](C)C(=O)OCC(C)(C)C)Oc2cccc3ccccc23)O1. The minimum absolute atomic E-state index is 0.0449. The third-order valence-electron chi connectivity index (χ3n) is 7.50. The second kappa shape index (κ2) is 13.4. The first kappa shape index (κ1) is 35.1. The summed E-state index contributed by atoms with van der Waals surface area (Å²) in [5.74, 6) is -3.43. The van der Waals surface area contributed by atoms with Crippen LogP contribution in [0.2, 0.25) is 0 Å². The van der Waals surface area contributed by atoms with Gasteiger partial charge in [0, 0.05) is 12.4 Å². The summed E-state index contributed by atoms with van der Waals surface area (Å²) in [4.78, 5) is 25.6. The van der Waals surface area contributed by atoms with E-state index in [4.69, 9.17) is 47.7 Å². The van der Waals surface area contributed by atoms with E-state index in [-0.39, 0.29) is 23.6 Å². The normalized spacial score (nSPS) is 23.4. The number of nitrogens with two attached hydrogens (primary N) is 1. The minimum Gasteiger partial charge on any atom is -0.464 e. The zero-order chi connectivity index (χ0) is 34.2. The summed E-state index contributed by atoms with van der Waals surface area (Å²) in [7, 11) is 1.64. The number of nitrogens with zero attached hydrogens (tertiary/aromatic N) is 4. The summed E-state index contributed by atoms with van der Waals surface area (Å²) in [5.41, 5.74) is 4.11. The van der Waals surface area contributed by atoms with E-state index in [0.717, 1.165) is 10.8 Å². The molecule has 1 saturated heterocycles. The van der Waals surface area contributed by atoms with Gasteiger partial charge in [-0.25, -0.2) is 14.5 Å². The molecule has 17 heteroatoms. The van der Waals surface area contributed by atoms with Crippen molar-refractivity contribution >= 4 is 69.7 Å². The van der Waals surface area contributed by atoms with Crippen LogP contribution in [0.25, 0.3) is 21.9 Å². The van der Waals surface area contributed by atoms with Crippen molar-refractivity contribution in [1.82, 2.24) is 24.6 Å². The van der Waals surface area contributed by atoms with Crippen LogP contribution in [0.15, 0.2) is 48.8 Å². The van der Waals surface area contributed by atoms with Gasteiger partial charge in [0.25, 0.3) is 0 Å². The van der Waals surface area contributed by atoms with Gasteiger partial charge in [-0.05, 0) is 35.6 Å². The van der Waals surface area contributed by atoms with Gasteiger partial charge >= 0.3 is 12.6 Å². The van der Waals surface area contributed by atoms with Crippen LogP contribution < -0.4 is 20.7 Å². The number of aromatic nitrogens is 4. The third kappa shape index (κ3) is 7.46. The van der Waals surface area contributed by atoms with Crippen LogP contribution in [-0.2, 0) is 30.6 Å². The number of benzene rings is 2. The average molecular weight is 710 g/mol. The standard InChI is InChI=1S/C30H38ClFN7O6PS/c1-18(26(40)42-15-28(2,3)4)38-46(47,45-21-12-8-10-19-9-6-7-11-20(19)21)43-16-29(14-31)30(32,41)13-22(44-29)39-17-35-23-24(34-5)36-27(33)37-25(23)39/h6-12,17-18,22,41H,13-16H2,1-5H3,(H,38,47)(H3,33,34,36,37)/t18-,22-,29-,30+,46?/m1/s1. The first-order valence-electron chi connectivity index (χ1n) is 14.8. The molecule has 0 aliphatic carbocycles. The molecule has 1 unspecified atom stereocenters. The Kier molecular flexibility index (Phi) is 10.0. The lowest BCUT2D eigenvalue weighted by atomic mass is 9.97. The Labute approximate surface area is 281 Å². The maximum absolute atomic E-state index is 16.2. The Morgan fingerprint density at radius 1 is 1.30 bits per heavy atom. The number of ether oxygens (including phenoxy) is 2. The molecule has 1 aliphatic rings. The predicted octanol–water partition coefficient (Wildman–Crippen LogP) is 5.05. The molecule has 2 aromatic heterocycles. The molecule has 2 aromatic carbocycles. The van der Waals surface area contributed by atoms with E-state index in [0.29, 0.717) is 17.1 Å². The highest BCUT2D eigenvalue weighted by molar-refractivity contribution is 8.09. The van der Waals surface area contributed by atoms with Crippen LogP contribution in [0.4, 0.5) is 16.2 Å². The van der Waals surface area contributed by atoms with E-state index < -0.39 is 55.2 Å². The molecule has 1 fully saturated rings. The predicted molar refractivity (Wildman–Crippen MR) is 181 cm³/mol. The van der Waals surface area contributed by atoms with Gasteiger partial charge in [-0.15, -0.1) is 11.6 Å². The van der Waals surface area contributed by atoms with Gasteiger partial charge in [0.05, 0.1) is 31.8 Å². The molecule has 47 heavy (non-hydrogen) atoms. The van der Waals surface area contributed by atoms with Crippen molar-refractivity contribution in [1.29, 1.82) is 0 Å². The first-order valence-corrected chi connectivity index (χ1v) is 18.0. The van der Waals surface area contributed by atoms with E-state index in [1.54, 1.807) is 26.1 Å². The van der Waals surface area contributed by atoms with Crippen LogP contribution in [0.5, 0.6) is 5.75 Å². The molecule has 5 atom stereocenters. The number of rotatable bonds is 12. The molecule has 1 aliphatic heterocycles. The molecule has 5 N–H and O–H groups in total. The second-order valence-electron chi connectivity index (χ2n) is 12.5. The third-order valence-corrected chi connectivity index (χ3v) is 10.4. The molecule has 0 amide bonds. The highest BCUT2D eigenvalue weighted by atomic mass is 35.5. The number of hydrogen-bond acceptors (Lipinski definition) is 12. The number of nitrogens with one attached hydrogen (secondary N) is 2. The van der Waals surface area contributed by atoms with Crippen molar-refractivity contribution in [3.63, 3.8) is 0 Å². The van der Waals surface area contributed by atoms with Crippen molar-refractivity contribution in [2.75, 3.05) is 37.2 Å². The number of imidazole rings is 1. The van der Waals surface area contributed by atoms with Crippen molar-refractivity contribution in [2.45, 2.75) is 57.8 Å². The first-order chi connectivity index (χ1) is 22.1. The fourth-order valence-corrected chi connectivity index (χ4v) is 7.76. The summed E-state index contributed by atoms with van der Waals surface area (Å²) in [6.45, 7) is 3.16. The number of hydrogen-bond donors (Lipinski definition) is 4. The van der Waals surface area contributed by atoms with Gasteiger partial charge in [-0.1, -0.05) is 57.2 Å². The van der Waals surface area contributed by atoms with E-state index in [1.165, 1.54) is 10.9 Å². The summed E-state index contributed by atoms with van der Waals surface area (Å²) < 4.78 is 41.8. The molecular weight excluding hydrogens is 672 g/mol. The van der Waals surface area contributed by atoms with Gasteiger partial charge in [0.1, 0.15) is 18.0 Å². The van der Waals surface area contributed by atoms with Crippen LogP contribution in [0, 0.1) is 5.41 Å². The monoisotopic (exact) mass is 709 g/mol. The number of aliphatic hydroxyl groups is 1. The Morgan fingerprint density at radius 3 is 2.72 bits per heavy atom. The quantitative estimate of drug-likeness (QED) is 0.0878. The number of carbonyl (C=O) groups excluding carboxylic acids is 1. The van der Waals surface area contributed by atoms with Gasteiger partial charge in [-0.3, -0.25) is 9.36 Å². The van der Waals surface area contributed by atoms with Crippen LogP contribution in [0.1, 0.15) is 40.3 Å². The van der Waals surface area contributed by atoms with Gasteiger partial charge in [-0.2, -0.15) is 9.97 Å². The van der Waals surface area contributed by atoms with Crippen molar-refractivity contribution in [2.24, 2.45) is 5.41 Å². The fraction of sp³-hybridized carbons (Fsp3) is 0.467. The smallest absolute Gasteiger partial charge is 0.323 e. The summed E-state index contributed by atoms with van der Waals surface area (Å²) in [6, 6.07) is 11.9. The Morgan fingerprint density at radius 2 is 2.02 bits per heavy atom. The van der Waals surface area contributed by atoms with E-state index >= 15 is 4.39 Å². The van der Waals surface area contributed by atoms with Gasteiger partial charge in [0.2, 0.25) is 11.8 Å². The Hall–Kier alpha value is -3.17. The molecule has 0 saturated carbocycles. The molecule has 4 aromatic rings. The van der Waals surface area contributed by atoms with Gasteiger partial charge in [0.15, 0.2) is 22.6 Å². The van der Waals surface area contributed by atoms with Crippen LogP contribution in [0.3, 0.4) is 0 Å². The topological polar surface area (TPSA) is 168 Å². The van der Waals surface area contributed by atoms with E-state index in [2.05, 4.69) is 25.4 Å². The fourth-order valence-electron chi connectivity index (χ4n) is 4.99. The lowest BCUT2D eigenvalue weighted by Gasteiger charge is -2.35. The van der Waals surface area contributed by atoms with E-state index in [1.807, 2.05) is 51.1 Å².